The average Bonchev–Trinajstić information content (AvgIpc) is 2.99. The molecule has 1 amide bonds. The molecule has 2 aliphatic heterocycles. The zero-order valence-corrected chi connectivity index (χ0v) is 10.5. The van der Waals surface area contributed by atoms with Crippen molar-refractivity contribution in [3.63, 3.8) is 0 Å². The molecule has 98 valence electrons. The number of nitrogens with zero attached hydrogens (tertiary/aromatic N) is 3. The lowest BCUT2D eigenvalue weighted by atomic mass is 10.2. The van der Waals surface area contributed by atoms with Gasteiger partial charge in [-0.1, -0.05) is 0 Å². The Morgan fingerprint density at radius 2 is 2.44 bits per heavy atom. The van der Waals surface area contributed by atoms with Gasteiger partial charge in [0.25, 0.3) is 0 Å². The van der Waals surface area contributed by atoms with Crippen LogP contribution in [0.2, 0.25) is 0 Å². The third-order valence-electron chi connectivity index (χ3n) is 3.69. The number of carbonyl (C=O) groups excluding carboxylic acids is 1. The summed E-state index contributed by atoms with van der Waals surface area (Å²) in [5, 5.41) is 3.30. The van der Waals surface area contributed by atoms with Crippen LogP contribution >= 0.6 is 0 Å². The Balaban J connectivity index is 1.85. The first-order chi connectivity index (χ1) is 8.77. The fraction of sp³-hybridized carbons (Fsp3) is 0.667. The van der Waals surface area contributed by atoms with Crippen molar-refractivity contribution >= 4 is 5.91 Å². The summed E-state index contributed by atoms with van der Waals surface area (Å²) in [6.07, 6.45) is 4.40. The molecule has 6 nitrogen and oxygen atoms in total. The second kappa shape index (κ2) is 4.70. The molecule has 0 radical (unpaired) electrons. The number of hydrogen-bond acceptors (Lipinski definition) is 4. The van der Waals surface area contributed by atoms with Crippen molar-refractivity contribution in [2.24, 2.45) is 0 Å². The molecule has 3 heterocycles. The van der Waals surface area contributed by atoms with E-state index in [1.807, 2.05) is 17.8 Å². The van der Waals surface area contributed by atoms with Gasteiger partial charge in [0.15, 0.2) is 0 Å². The molecular weight excluding hydrogens is 232 g/mol. The second-order valence-electron chi connectivity index (χ2n) is 4.85. The standard InChI is InChI=1S/C12H18N4O2/c1-15-4-2-9(12(15)17)16-8-14-6-10(16)11-7-13-3-5-18-11/h6,8-9,11,13H,2-5,7H2,1H3. The number of hydrogen-bond donors (Lipinski definition) is 1. The van der Waals surface area contributed by atoms with Crippen LogP contribution in [0.3, 0.4) is 0 Å². The Labute approximate surface area is 106 Å². The smallest absolute Gasteiger partial charge is 0.245 e. The van der Waals surface area contributed by atoms with Crippen molar-refractivity contribution in [3.8, 4) is 0 Å². The number of carbonyl (C=O) groups is 1. The topological polar surface area (TPSA) is 59.4 Å². The van der Waals surface area contributed by atoms with Crippen LogP contribution in [0.25, 0.3) is 0 Å². The van der Waals surface area contributed by atoms with Gasteiger partial charge in [-0.15, -0.1) is 0 Å². The minimum Gasteiger partial charge on any atom is -0.369 e. The van der Waals surface area contributed by atoms with E-state index in [0.29, 0.717) is 6.61 Å². The van der Waals surface area contributed by atoms with Gasteiger partial charge in [0.2, 0.25) is 5.91 Å². The van der Waals surface area contributed by atoms with E-state index in [9.17, 15) is 4.79 Å². The highest BCUT2D eigenvalue weighted by molar-refractivity contribution is 5.82. The Bertz CT molecular complexity index is 439. The normalized spacial score (nSPS) is 28.9. The molecule has 0 bridgehead atoms. The minimum atomic E-state index is -0.113. The number of aromatic nitrogens is 2. The zero-order valence-electron chi connectivity index (χ0n) is 10.5. The number of imidazole rings is 1. The first-order valence-corrected chi connectivity index (χ1v) is 6.36. The van der Waals surface area contributed by atoms with Gasteiger partial charge in [0.1, 0.15) is 12.1 Å². The highest BCUT2D eigenvalue weighted by Crippen LogP contribution is 2.27. The van der Waals surface area contributed by atoms with Gasteiger partial charge in [-0.25, -0.2) is 4.98 Å². The van der Waals surface area contributed by atoms with Crippen molar-refractivity contribution in [3.05, 3.63) is 18.2 Å². The van der Waals surface area contributed by atoms with Crippen LogP contribution in [0.4, 0.5) is 0 Å². The maximum atomic E-state index is 12.1. The molecule has 1 aromatic rings. The maximum Gasteiger partial charge on any atom is 0.245 e. The number of morpholine rings is 1. The van der Waals surface area contributed by atoms with Crippen LogP contribution in [0, 0.1) is 0 Å². The number of amides is 1. The molecule has 2 unspecified atom stereocenters. The van der Waals surface area contributed by atoms with E-state index in [-0.39, 0.29) is 18.1 Å². The molecule has 18 heavy (non-hydrogen) atoms. The summed E-state index contributed by atoms with van der Waals surface area (Å²) < 4.78 is 7.71. The summed E-state index contributed by atoms with van der Waals surface area (Å²) in [5.41, 5.74) is 0.996. The van der Waals surface area contributed by atoms with E-state index >= 15 is 0 Å². The van der Waals surface area contributed by atoms with Crippen LogP contribution in [-0.2, 0) is 9.53 Å². The lowest BCUT2D eigenvalue weighted by Crippen LogP contribution is -2.35. The molecule has 2 fully saturated rings. The van der Waals surface area contributed by atoms with Crippen molar-refractivity contribution in [2.45, 2.75) is 18.6 Å². The van der Waals surface area contributed by atoms with Gasteiger partial charge in [-0.05, 0) is 6.42 Å². The number of likely N-dealkylation sites (tertiary alicyclic amines) is 1. The van der Waals surface area contributed by atoms with Crippen molar-refractivity contribution < 1.29 is 9.53 Å². The van der Waals surface area contributed by atoms with Crippen LogP contribution in [0.1, 0.15) is 24.3 Å². The van der Waals surface area contributed by atoms with E-state index in [0.717, 1.165) is 31.7 Å². The first kappa shape index (κ1) is 11.7. The Morgan fingerprint density at radius 1 is 1.56 bits per heavy atom. The summed E-state index contributed by atoms with van der Waals surface area (Å²) in [5.74, 6) is 0.165. The second-order valence-corrected chi connectivity index (χ2v) is 4.85. The average molecular weight is 250 g/mol. The van der Waals surface area contributed by atoms with Crippen LogP contribution in [0.5, 0.6) is 0 Å². The molecule has 2 aliphatic rings. The number of rotatable bonds is 2. The molecule has 6 heteroatoms. The summed E-state index contributed by atoms with van der Waals surface area (Å²) in [6.45, 7) is 3.18. The lowest BCUT2D eigenvalue weighted by Gasteiger charge is -2.25. The molecule has 2 saturated heterocycles. The highest BCUT2D eigenvalue weighted by atomic mass is 16.5. The maximum absolute atomic E-state index is 12.1. The number of likely N-dealkylation sites (N-methyl/N-ethyl adjacent to an activating group) is 1. The van der Waals surface area contributed by atoms with E-state index in [1.54, 1.807) is 11.2 Å². The van der Waals surface area contributed by atoms with Crippen LogP contribution in [-0.4, -0.2) is 53.6 Å². The van der Waals surface area contributed by atoms with Crippen LogP contribution in [0.15, 0.2) is 12.5 Å². The fourth-order valence-corrected chi connectivity index (χ4v) is 2.64. The van der Waals surface area contributed by atoms with Gasteiger partial charge >= 0.3 is 0 Å². The third kappa shape index (κ3) is 1.91. The summed E-state index contributed by atoms with van der Waals surface area (Å²) in [6, 6.07) is -0.113. The zero-order chi connectivity index (χ0) is 12.5. The van der Waals surface area contributed by atoms with Crippen molar-refractivity contribution in [1.29, 1.82) is 0 Å². The van der Waals surface area contributed by atoms with E-state index in [2.05, 4.69) is 10.3 Å². The summed E-state index contributed by atoms with van der Waals surface area (Å²) >= 11 is 0. The molecule has 1 aromatic heterocycles. The van der Waals surface area contributed by atoms with Crippen molar-refractivity contribution in [1.82, 2.24) is 19.8 Å². The predicted octanol–water partition coefficient (Wildman–Crippen LogP) is -0.0528. The van der Waals surface area contributed by atoms with Gasteiger partial charge in [0, 0.05) is 26.7 Å². The third-order valence-corrected chi connectivity index (χ3v) is 3.69. The molecular formula is C12H18N4O2. The molecule has 0 spiro atoms. The van der Waals surface area contributed by atoms with Crippen molar-refractivity contribution in [2.75, 3.05) is 33.3 Å². The molecule has 0 aliphatic carbocycles. The SMILES string of the molecule is CN1CCC(n2cncc2C2CNCCO2)C1=O. The monoisotopic (exact) mass is 250 g/mol. The fourth-order valence-electron chi connectivity index (χ4n) is 2.64. The predicted molar refractivity (Wildman–Crippen MR) is 65.1 cm³/mol. The molecule has 0 saturated carbocycles. The van der Waals surface area contributed by atoms with Gasteiger partial charge < -0.3 is 19.5 Å². The van der Waals surface area contributed by atoms with Gasteiger partial charge in [-0.2, -0.15) is 0 Å². The molecule has 1 N–H and O–H groups in total. The molecule has 2 atom stereocenters. The van der Waals surface area contributed by atoms with Gasteiger partial charge in [0.05, 0.1) is 24.8 Å². The Kier molecular flexibility index (Phi) is 3.05. The van der Waals surface area contributed by atoms with E-state index in [1.165, 1.54) is 0 Å². The van der Waals surface area contributed by atoms with Gasteiger partial charge in [-0.3, -0.25) is 4.79 Å². The molecule has 0 aromatic carbocycles. The molecule has 3 rings (SSSR count). The van der Waals surface area contributed by atoms with E-state index < -0.39 is 0 Å². The largest absolute Gasteiger partial charge is 0.369 e. The Hall–Kier alpha value is -1.40. The first-order valence-electron chi connectivity index (χ1n) is 6.36. The summed E-state index contributed by atoms with van der Waals surface area (Å²) in [4.78, 5) is 18.0. The Morgan fingerprint density at radius 3 is 3.11 bits per heavy atom. The van der Waals surface area contributed by atoms with E-state index in [4.69, 9.17) is 4.74 Å². The van der Waals surface area contributed by atoms with Crippen LogP contribution < -0.4 is 5.32 Å². The minimum absolute atomic E-state index is 0.0000406. The highest BCUT2D eigenvalue weighted by Gasteiger charge is 2.33. The number of ether oxygens (including phenoxy) is 1. The lowest BCUT2D eigenvalue weighted by molar-refractivity contribution is -0.129. The number of nitrogens with one attached hydrogen (secondary N) is 1. The quantitative estimate of drug-likeness (QED) is 0.799. The summed E-state index contributed by atoms with van der Waals surface area (Å²) in [7, 11) is 1.84.